The maximum atomic E-state index is 12.3. The van der Waals surface area contributed by atoms with Gasteiger partial charge in [0.15, 0.2) is 0 Å². The average Bonchev–Trinajstić information content (AvgIpc) is 2.37. The van der Waals surface area contributed by atoms with Crippen LogP contribution < -0.4 is 0 Å². The number of hydrogen-bond donors (Lipinski definition) is 1. The van der Waals surface area contributed by atoms with E-state index in [1.807, 2.05) is 20.8 Å². The van der Waals surface area contributed by atoms with Gasteiger partial charge < -0.3 is 9.84 Å². The highest BCUT2D eigenvalue weighted by atomic mass is 32.2. The molecule has 0 aliphatic carbocycles. The van der Waals surface area contributed by atoms with Crippen molar-refractivity contribution >= 4 is 16.0 Å². The zero-order valence-corrected chi connectivity index (χ0v) is 13.9. The first-order valence-corrected chi connectivity index (χ1v) is 9.14. The van der Waals surface area contributed by atoms with Gasteiger partial charge in [0, 0.05) is 19.5 Å². The first kappa shape index (κ1) is 18.4. The number of rotatable bonds is 8. The minimum Gasteiger partial charge on any atom is -0.481 e. The fraction of sp³-hybridized carbons (Fsp3) is 0.929. The van der Waals surface area contributed by atoms with E-state index in [1.54, 1.807) is 0 Å². The van der Waals surface area contributed by atoms with Crippen molar-refractivity contribution in [1.29, 1.82) is 0 Å². The molecule has 124 valence electrons. The predicted octanol–water partition coefficient (Wildman–Crippen LogP) is 1.56. The summed E-state index contributed by atoms with van der Waals surface area (Å²) in [6, 6.07) is 0. The maximum Gasteiger partial charge on any atom is 0.303 e. The Kier molecular flexibility index (Phi) is 7.09. The van der Waals surface area contributed by atoms with Gasteiger partial charge in [-0.3, -0.25) is 4.79 Å². The van der Waals surface area contributed by atoms with E-state index in [0.717, 1.165) is 12.8 Å². The molecule has 1 aliphatic rings. The van der Waals surface area contributed by atoms with Gasteiger partial charge in [-0.15, -0.1) is 0 Å². The third-order valence-corrected chi connectivity index (χ3v) is 5.71. The second-order valence-electron chi connectivity index (χ2n) is 6.07. The molecule has 1 N–H and O–H groups in total. The minimum absolute atomic E-state index is 0.00702. The topological polar surface area (TPSA) is 83.9 Å². The highest BCUT2D eigenvalue weighted by Gasteiger charge is 2.31. The number of piperidine rings is 1. The molecule has 1 rings (SSSR count). The van der Waals surface area contributed by atoms with E-state index in [2.05, 4.69) is 0 Å². The fourth-order valence-electron chi connectivity index (χ4n) is 2.65. The van der Waals surface area contributed by atoms with Crippen LogP contribution in [-0.4, -0.2) is 55.4 Å². The first-order chi connectivity index (χ1) is 9.72. The van der Waals surface area contributed by atoms with Crippen LogP contribution in [0.4, 0.5) is 0 Å². The molecule has 21 heavy (non-hydrogen) atoms. The molecular formula is C14H27NO5S. The Morgan fingerprint density at radius 3 is 2.62 bits per heavy atom. The zero-order chi connectivity index (χ0) is 16.0. The second kappa shape index (κ2) is 8.10. The molecule has 2 atom stereocenters. The van der Waals surface area contributed by atoms with Crippen LogP contribution in [0.5, 0.6) is 0 Å². The lowest BCUT2D eigenvalue weighted by Crippen LogP contribution is -2.43. The molecule has 0 aromatic carbocycles. The third kappa shape index (κ3) is 6.32. The number of nitrogens with zero attached hydrogens (tertiary/aromatic N) is 1. The van der Waals surface area contributed by atoms with Crippen LogP contribution >= 0.6 is 0 Å². The molecule has 1 aliphatic heterocycles. The summed E-state index contributed by atoms with van der Waals surface area (Å²) in [7, 11) is -3.31. The molecule has 0 aromatic rings. The second-order valence-corrected chi connectivity index (χ2v) is 8.16. The van der Waals surface area contributed by atoms with Crippen LogP contribution in [0, 0.1) is 11.8 Å². The molecule has 7 heteroatoms. The van der Waals surface area contributed by atoms with Gasteiger partial charge >= 0.3 is 5.97 Å². The van der Waals surface area contributed by atoms with Crippen LogP contribution in [0.2, 0.25) is 0 Å². The van der Waals surface area contributed by atoms with E-state index in [4.69, 9.17) is 9.84 Å². The summed E-state index contributed by atoms with van der Waals surface area (Å²) >= 11 is 0. The summed E-state index contributed by atoms with van der Waals surface area (Å²) in [4.78, 5) is 10.8. The van der Waals surface area contributed by atoms with Crippen molar-refractivity contribution < 1.29 is 23.1 Å². The summed E-state index contributed by atoms with van der Waals surface area (Å²) in [6.07, 6.45) is 1.79. The number of carbonyl (C=O) groups is 1. The van der Waals surface area contributed by atoms with Gasteiger partial charge in [0.2, 0.25) is 10.0 Å². The quantitative estimate of drug-likeness (QED) is 0.733. The Balaban J connectivity index is 2.56. The summed E-state index contributed by atoms with van der Waals surface area (Å²) in [5.74, 6) is -0.721. The van der Waals surface area contributed by atoms with Crippen LogP contribution in [0.3, 0.4) is 0 Å². The molecule has 0 spiro atoms. The van der Waals surface area contributed by atoms with Gasteiger partial charge in [0.25, 0.3) is 0 Å². The van der Waals surface area contributed by atoms with E-state index < -0.39 is 16.0 Å². The number of aliphatic carboxylic acids is 1. The minimum atomic E-state index is -3.31. The Labute approximate surface area is 127 Å². The van der Waals surface area contributed by atoms with Crippen LogP contribution in [0.25, 0.3) is 0 Å². The Bertz CT molecular complexity index is 435. The SMILES string of the molecule is CC(C)OCCS(=O)(=O)N1CCCC(C(C)CC(=O)O)C1. The van der Waals surface area contributed by atoms with E-state index in [9.17, 15) is 13.2 Å². The number of carboxylic acids is 1. The highest BCUT2D eigenvalue weighted by molar-refractivity contribution is 7.89. The first-order valence-electron chi connectivity index (χ1n) is 7.53. The molecule has 0 amide bonds. The van der Waals surface area contributed by atoms with E-state index >= 15 is 0 Å². The van der Waals surface area contributed by atoms with Crippen LogP contribution in [-0.2, 0) is 19.6 Å². The number of ether oxygens (including phenoxy) is 1. The van der Waals surface area contributed by atoms with Gasteiger partial charge in [-0.05, 0) is 38.5 Å². The van der Waals surface area contributed by atoms with Gasteiger partial charge in [-0.1, -0.05) is 6.92 Å². The highest BCUT2D eigenvalue weighted by Crippen LogP contribution is 2.27. The number of hydrogen-bond acceptors (Lipinski definition) is 4. The standard InChI is InChI=1S/C14H27NO5S/c1-11(2)20-7-8-21(18,19)15-6-4-5-13(10-15)12(3)9-14(16)17/h11-13H,4-10H2,1-3H3,(H,16,17). The Hall–Kier alpha value is -0.660. The molecule has 1 fully saturated rings. The van der Waals surface area contributed by atoms with Crippen molar-refractivity contribution in [3.05, 3.63) is 0 Å². The monoisotopic (exact) mass is 321 g/mol. The molecule has 6 nitrogen and oxygen atoms in total. The number of sulfonamides is 1. The molecule has 0 bridgehead atoms. The largest absolute Gasteiger partial charge is 0.481 e. The zero-order valence-electron chi connectivity index (χ0n) is 13.1. The summed E-state index contributed by atoms with van der Waals surface area (Å²) in [5.41, 5.74) is 0. The van der Waals surface area contributed by atoms with Crippen molar-refractivity contribution in [2.45, 2.75) is 46.1 Å². The van der Waals surface area contributed by atoms with E-state index in [1.165, 1.54) is 4.31 Å². The van der Waals surface area contributed by atoms with Gasteiger partial charge in [-0.25, -0.2) is 12.7 Å². The van der Waals surface area contributed by atoms with Crippen LogP contribution in [0.15, 0.2) is 0 Å². The number of carboxylic acid groups (broad SMARTS) is 1. The van der Waals surface area contributed by atoms with Crippen molar-refractivity contribution in [3.63, 3.8) is 0 Å². The lowest BCUT2D eigenvalue weighted by Gasteiger charge is -2.34. The Morgan fingerprint density at radius 2 is 2.05 bits per heavy atom. The third-order valence-electron chi connectivity index (χ3n) is 3.91. The van der Waals surface area contributed by atoms with Gasteiger partial charge in [-0.2, -0.15) is 0 Å². The lowest BCUT2D eigenvalue weighted by atomic mass is 9.85. The molecule has 2 unspecified atom stereocenters. The van der Waals surface area contributed by atoms with Crippen molar-refractivity contribution in [1.82, 2.24) is 4.31 Å². The molecule has 0 radical (unpaired) electrons. The van der Waals surface area contributed by atoms with Gasteiger partial charge in [0.05, 0.1) is 18.5 Å². The predicted molar refractivity (Wildman–Crippen MR) is 80.6 cm³/mol. The molecule has 0 aromatic heterocycles. The summed E-state index contributed by atoms with van der Waals surface area (Å²) < 4.78 is 31.4. The fourth-order valence-corrected chi connectivity index (χ4v) is 4.04. The van der Waals surface area contributed by atoms with Crippen molar-refractivity contribution in [3.8, 4) is 0 Å². The molecule has 1 heterocycles. The van der Waals surface area contributed by atoms with Gasteiger partial charge in [0.1, 0.15) is 0 Å². The van der Waals surface area contributed by atoms with Crippen molar-refractivity contribution in [2.75, 3.05) is 25.4 Å². The van der Waals surface area contributed by atoms with Crippen molar-refractivity contribution in [2.24, 2.45) is 11.8 Å². The summed E-state index contributed by atoms with van der Waals surface area (Å²) in [6.45, 7) is 6.79. The van der Waals surface area contributed by atoms with E-state index in [0.29, 0.717) is 13.1 Å². The Morgan fingerprint density at radius 1 is 1.38 bits per heavy atom. The van der Waals surface area contributed by atoms with Crippen LogP contribution in [0.1, 0.15) is 40.0 Å². The maximum absolute atomic E-state index is 12.3. The normalized spacial score (nSPS) is 22.4. The smallest absolute Gasteiger partial charge is 0.303 e. The summed E-state index contributed by atoms with van der Waals surface area (Å²) in [5, 5.41) is 8.86. The molecular weight excluding hydrogens is 294 g/mol. The molecule has 1 saturated heterocycles. The lowest BCUT2D eigenvalue weighted by molar-refractivity contribution is -0.138. The van der Waals surface area contributed by atoms with E-state index in [-0.39, 0.29) is 36.7 Å². The average molecular weight is 321 g/mol. The molecule has 0 saturated carbocycles.